The molecular weight excluding hydrogens is 434 g/mol. The summed E-state index contributed by atoms with van der Waals surface area (Å²) in [5, 5.41) is 0. The van der Waals surface area contributed by atoms with Gasteiger partial charge in [-0.05, 0) is 39.0 Å². The van der Waals surface area contributed by atoms with Crippen molar-refractivity contribution in [3.63, 3.8) is 0 Å². The van der Waals surface area contributed by atoms with E-state index >= 15 is 0 Å². The molecule has 9 heteroatoms. The zero-order chi connectivity index (χ0) is 24.3. The number of para-hydroxylation sites is 1. The maximum atomic E-state index is 13.0. The third-order valence-electron chi connectivity index (χ3n) is 5.35. The first kappa shape index (κ1) is 23.3. The third-order valence-corrected chi connectivity index (χ3v) is 5.35. The van der Waals surface area contributed by atoms with Gasteiger partial charge >= 0.3 is 6.09 Å². The number of imidazole rings is 1. The lowest BCUT2D eigenvalue weighted by molar-refractivity contribution is -0.118. The van der Waals surface area contributed by atoms with E-state index in [4.69, 9.17) is 14.5 Å². The van der Waals surface area contributed by atoms with E-state index in [-0.39, 0.29) is 12.3 Å². The lowest BCUT2D eigenvalue weighted by Gasteiger charge is -2.26. The van der Waals surface area contributed by atoms with Crippen LogP contribution in [0.4, 0.5) is 10.6 Å². The molecule has 0 bridgehead atoms. The van der Waals surface area contributed by atoms with Crippen molar-refractivity contribution in [2.24, 2.45) is 0 Å². The number of methoxy groups -OCH3 is 1. The van der Waals surface area contributed by atoms with Crippen LogP contribution in [0, 0.1) is 0 Å². The number of nitrogens with zero attached hydrogens (tertiary/aromatic N) is 5. The van der Waals surface area contributed by atoms with Crippen molar-refractivity contribution in [1.29, 1.82) is 0 Å². The standard InChI is InChI=1S/C25H29N5O4/c1-25(2,3)34-24(32)28-13-12-22(31)29(15-14-28)20-17-30(19-8-6-5-7-9-19)23(27-20)18-10-11-21(33-4)26-16-18/h5-11,16-17H,12-15H2,1-4H3. The second-order valence-electron chi connectivity index (χ2n) is 8.98. The molecule has 4 rings (SSSR count). The Morgan fingerprint density at radius 3 is 2.44 bits per heavy atom. The highest BCUT2D eigenvalue weighted by Crippen LogP contribution is 2.28. The summed E-state index contributed by atoms with van der Waals surface area (Å²) in [6, 6.07) is 13.4. The highest BCUT2D eigenvalue weighted by molar-refractivity contribution is 5.93. The molecule has 0 N–H and O–H groups in total. The predicted octanol–water partition coefficient (Wildman–Crippen LogP) is 3.92. The summed E-state index contributed by atoms with van der Waals surface area (Å²) >= 11 is 0. The fourth-order valence-electron chi connectivity index (χ4n) is 3.69. The van der Waals surface area contributed by atoms with E-state index in [1.54, 1.807) is 29.2 Å². The third kappa shape index (κ3) is 5.19. The fourth-order valence-corrected chi connectivity index (χ4v) is 3.69. The van der Waals surface area contributed by atoms with Crippen LogP contribution in [0.15, 0.2) is 54.9 Å². The van der Waals surface area contributed by atoms with Crippen LogP contribution < -0.4 is 9.64 Å². The van der Waals surface area contributed by atoms with Crippen molar-refractivity contribution in [2.75, 3.05) is 31.6 Å². The summed E-state index contributed by atoms with van der Waals surface area (Å²) < 4.78 is 12.6. The molecule has 2 amide bonds. The lowest BCUT2D eigenvalue weighted by Crippen LogP contribution is -2.39. The van der Waals surface area contributed by atoms with Gasteiger partial charge in [-0.2, -0.15) is 0 Å². The first-order valence-corrected chi connectivity index (χ1v) is 11.2. The number of benzene rings is 1. The predicted molar refractivity (Wildman–Crippen MR) is 128 cm³/mol. The Morgan fingerprint density at radius 1 is 1.03 bits per heavy atom. The van der Waals surface area contributed by atoms with E-state index in [0.717, 1.165) is 11.3 Å². The monoisotopic (exact) mass is 463 g/mol. The molecule has 34 heavy (non-hydrogen) atoms. The van der Waals surface area contributed by atoms with Crippen LogP contribution in [0.2, 0.25) is 0 Å². The van der Waals surface area contributed by atoms with E-state index in [1.807, 2.05) is 67.9 Å². The Bertz CT molecular complexity index is 1150. The van der Waals surface area contributed by atoms with Crippen LogP contribution in [-0.4, -0.2) is 63.8 Å². The lowest BCUT2D eigenvalue weighted by atomic mass is 10.2. The number of aromatic nitrogens is 3. The van der Waals surface area contributed by atoms with E-state index in [2.05, 4.69) is 4.98 Å². The van der Waals surface area contributed by atoms with Crippen molar-refractivity contribution in [3.8, 4) is 23.0 Å². The molecule has 3 heterocycles. The molecular formula is C25H29N5O4. The molecule has 2 aromatic heterocycles. The van der Waals surface area contributed by atoms with Gasteiger partial charge in [0, 0.05) is 49.6 Å². The maximum Gasteiger partial charge on any atom is 0.410 e. The van der Waals surface area contributed by atoms with E-state index < -0.39 is 11.7 Å². The number of hydrogen-bond donors (Lipinski definition) is 0. The van der Waals surface area contributed by atoms with Crippen molar-refractivity contribution < 1.29 is 19.1 Å². The number of carbonyl (C=O) groups is 2. The zero-order valence-corrected chi connectivity index (χ0v) is 19.9. The Hall–Kier alpha value is -3.88. The minimum Gasteiger partial charge on any atom is -0.481 e. The van der Waals surface area contributed by atoms with Gasteiger partial charge in [0.15, 0.2) is 5.82 Å². The van der Waals surface area contributed by atoms with Crippen molar-refractivity contribution in [2.45, 2.75) is 32.8 Å². The molecule has 0 aliphatic carbocycles. The minimum atomic E-state index is -0.594. The van der Waals surface area contributed by atoms with Crippen LogP contribution in [0.1, 0.15) is 27.2 Å². The molecule has 1 saturated heterocycles. The Labute approximate surface area is 198 Å². The van der Waals surface area contributed by atoms with Gasteiger partial charge in [0.05, 0.1) is 13.3 Å². The molecule has 0 radical (unpaired) electrons. The van der Waals surface area contributed by atoms with Gasteiger partial charge in [0.2, 0.25) is 11.8 Å². The van der Waals surface area contributed by atoms with Crippen LogP contribution in [0.25, 0.3) is 17.1 Å². The zero-order valence-electron chi connectivity index (χ0n) is 19.9. The summed E-state index contributed by atoms with van der Waals surface area (Å²) in [6.45, 7) is 6.46. The molecule has 178 valence electrons. The molecule has 3 aromatic rings. The second-order valence-corrected chi connectivity index (χ2v) is 8.98. The highest BCUT2D eigenvalue weighted by atomic mass is 16.6. The summed E-state index contributed by atoms with van der Waals surface area (Å²) in [6.07, 6.45) is 3.31. The van der Waals surface area contributed by atoms with Crippen molar-refractivity contribution in [1.82, 2.24) is 19.4 Å². The molecule has 9 nitrogen and oxygen atoms in total. The Balaban J connectivity index is 1.65. The van der Waals surface area contributed by atoms with E-state index in [9.17, 15) is 9.59 Å². The van der Waals surface area contributed by atoms with Crippen LogP contribution >= 0.6 is 0 Å². The van der Waals surface area contributed by atoms with Gasteiger partial charge in [-0.15, -0.1) is 0 Å². The van der Waals surface area contributed by atoms with E-state index in [0.29, 0.717) is 37.2 Å². The largest absolute Gasteiger partial charge is 0.481 e. The highest BCUT2D eigenvalue weighted by Gasteiger charge is 2.29. The summed E-state index contributed by atoms with van der Waals surface area (Å²) in [5.74, 6) is 1.58. The van der Waals surface area contributed by atoms with Crippen LogP contribution in [-0.2, 0) is 9.53 Å². The van der Waals surface area contributed by atoms with E-state index in [1.165, 1.54) is 0 Å². The van der Waals surface area contributed by atoms with Crippen LogP contribution in [0.3, 0.4) is 0 Å². The van der Waals surface area contributed by atoms with Gasteiger partial charge in [0.1, 0.15) is 11.4 Å². The van der Waals surface area contributed by atoms with Gasteiger partial charge in [-0.25, -0.2) is 14.8 Å². The topological polar surface area (TPSA) is 89.8 Å². The normalized spacial score (nSPS) is 14.6. The quantitative estimate of drug-likeness (QED) is 0.583. The molecule has 0 atom stereocenters. The summed E-state index contributed by atoms with van der Waals surface area (Å²) in [5.41, 5.74) is 1.10. The SMILES string of the molecule is COc1ccc(-c2nc(N3CCN(C(=O)OC(C)(C)C)CCC3=O)cn2-c2ccccc2)cn1. The van der Waals surface area contributed by atoms with Gasteiger partial charge in [-0.3, -0.25) is 14.3 Å². The summed E-state index contributed by atoms with van der Waals surface area (Å²) in [4.78, 5) is 37.9. The minimum absolute atomic E-state index is 0.0943. The number of rotatable bonds is 4. The molecule has 0 unspecified atom stereocenters. The van der Waals surface area contributed by atoms with Crippen molar-refractivity contribution >= 4 is 17.8 Å². The van der Waals surface area contributed by atoms with Gasteiger partial charge < -0.3 is 14.4 Å². The number of anilines is 1. The molecule has 0 spiro atoms. The number of carbonyl (C=O) groups excluding carboxylic acids is 2. The second kappa shape index (κ2) is 9.54. The Morgan fingerprint density at radius 2 is 1.79 bits per heavy atom. The smallest absolute Gasteiger partial charge is 0.410 e. The number of amides is 2. The average molecular weight is 464 g/mol. The first-order chi connectivity index (χ1) is 16.2. The van der Waals surface area contributed by atoms with Crippen LogP contribution in [0.5, 0.6) is 5.88 Å². The number of pyridine rings is 1. The van der Waals surface area contributed by atoms with Gasteiger partial charge in [0.25, 0.3) is 0 Å². The average Bonchev–Trinajstić information content (AvgIpc) is 3.16. The Kier molecular flexibility index (Phi) is 6.54. The molecule has 0 saturated carbocycles. The maximum absolute atomic E-state index is 13.0. The van der Waals surface area contributed by atoms with Crippen molar-refractivity contribution in [3.05, 3.63) is 54.9 Å². The number of ether oxygens (including phenoxy) is 2. The van der Waals surface area contributed by atoms with Gasteiger partial charge in [-0.1, -0.05) is 18.2 Å². The molecule has 1 aliphatic heterocycles. The molecule has 1 aliphatic rings. The fraction of sp³-hybridized carbons (Fsp3) is 0.360. The molecule has 1 fully saturated rings. The first-order valence-electron chi connectivity index (χ1n) is 11.2. The number of hydrogen-bond acceptors (Lipinski definition) is 6. The summed E-state index contributed by atoms with van der Waals surface area (Å²) in [7, 11) is 1.57. The molecule has 1 aromatic carbocycles.